The van der Waals surface area contributed by atoms with Gasteiger partial charge in [-0.25, -0.2) is 0 Å². The molecule has 0 fully saturated rings. The number of benzene rings is 1. The molecule has 0 amide bonds. The SMILES string of the molecule is CC(C)CNCc1ccc(Br)cc1Sc1nncn1C. The molecule has 0 radical (unpaired) electrons. The van der Waals surface area contributed by atoms with Crippen molar-refractivity contribution < 1.29 is 0 Å². The molecule has 0 saturated carbocycles. The average Bonchev–Trinajstić information content (AvgIpc) is 2.77. The van der Waals surface area contributed by atoms with Crippen molar-refractivity contribution >= 4 is 27.7 Å². The van der Waals surface area contributed by atoms with Crippen LogP contribution < -0.4 is 5.32 Å². The average molecular weight is 355 g/mol. The summed E-state index contributed by atoms with van der Waals surface area (Å²) in [6.45, 7) is 6.31. The number of nitrogens with zero attached hydrogens (tertiary/aromatic N) is 3. The predicted octanol–water partition coefficient (Wildman–Crippen LogP) is 3.47. The Morgan fingerprint density at radius 1 is 1.40 bits per heavy atom. The lowest BCUT2D eigenvalue weighted by molar-refractivity contribution is 0.550. The van der Waals surface area contributed by atoms with Crippen molar-refractivity contribution in [1.82, 2.24) is 20.1 Å². The molecular weight excluding hydrogens is 336 g/mol. The third-order valence-electron chi connectivity index (χ3n) is 2.77. The minimum atomic E-state index is 0.653. The molecule has 0 aliphatic heterocycles. The van der Waals surface area contributed by atoms with E-state index in [4.69, 9.17) is 0 Å². The van der Waals surface area contributed by atoms with E-state index in [1.54, 1.807) is 18.1 Å². The number of nitrogens with one attached hydrogen (secondary N) is 1. The van der Waals surface area contributed by atoms with Crippen molar-refractivity contribution in [2.24, 2.45) is 13.0 Å². The van der Waals surface area contributed by atoms with Crippen molar-refractivity contribution in [3.8, 4) is 0 Å². The normalized spacial score (nSPS) is 11.2. The molecule has 4 nitrogen and oxygen atoms in total. The Labute approximate surface area is 132 Å². The van der Waals surface area contributed by atoms with Gasteiger partial charge in [-0.2, -0.15) is 0 Å². The van der Waals surface area contributed by atoms with Crippen LogP contribution in [0, 0.1) is 5.92 Å². The molecule has 1 aromatic carbocycles. The maximum Gasteiger partial charge on any atom is 0.195 e. The van der Waals surface area contributed by atoms with Gasteiger partial charge in [0.05, 0.1) is 0 Å². The maximum atomic E-state index is 4.13. The molecule has 0 bridgehead atoms. The molecular formula is C14H19BrN4S. The van der Waals surface area contributed by atoms with Crippen LogP contribution in [0.5, 0.6) is 0 Å². The fourth-order valence-electron chi connectivity index (χ4n) is 1.73. The molecule has 108 valence electrons. The lowest BCUT2D eigenvalue weighted by Crippen LogP contribution is -2.19. The summed E-state index contributed by atoms with van der Waals surface area (Å²) in [6.07, 6.45) is 1.72. The highest BCUT2D eigenvalue weighted by molar-refractivity contribution is 9.10. The molecule has 0 aliphatic rings. The summed E-state index contributed by atoms with van der Waals surface area (Å²) in [5.41, 5.74) is 1.28. The fraction of sp³-hybridized carbons (Fsp3) is 0.429. The summed E-state index contributed by atoms with van der Waals surface area (Å²) in [7, 11) is 1.96. The highest BCUT2D eigenvalue weighted by Crippen LogP contribution is 2.31. The second-order valence-electron chi connectivity index (χ2n) is 5.10. The van der Waals surface area contributed by atoms with E-state index in [2.05, 4.69) is 63.5 Å². The third kappa shape index (κ3) is 4.33. The maximum absolute atomic E-state index is 4.13. The molecule has 1 heterocycles. The van der Waals surface area contributed by atoms with Crippen LogP contribution in [0.2, 0.25) is 0 Å². The molecule has 2 rings (SSSR count). The second kappa shape index (κ2) is 7.24. The van der Waals surface area contributed by atoms with E-state index in [1.165, 1.54) is 10.5 Å². The van der Waals surface area contributed by atoms with Gasteiger partial charge in [-0.3, -0.25) is 0 Å². The zero-order valence-corrected chi connectivity index (χ0v) is 14.3. The van der Waals surface area contributed by atoms with Gasteiger partial charge in [0.1, 0.15) is 6.33 Å². The summed E-state index contributed by atoms with van der Waals surface area (Å²) < 4.78 is 3.01. The largest absolute Gasteiger partial charge is 0.312 e. The number of rotatable bonds is 6. The molecule has 2 aromatic rings. The van der Waals surface area contributed by atoms with Gasteiger partial charge in [-0.1, -0.05) is 35.8 Å². The second-order valence-corrected chi connectivity index (χ2v) is 7.03. The predicted molar refractivity (Wildman–Crippen MR) is 85.8 cm³/mol. The van der Waals surface area contributed by atoms with Crippen LogP contribution in [0.25, 0.3) is 0 Å². The Morgan fingerprint density at radius 3 is 2.85 bits per heavy atom. The van der Waals surface area contributed by atoms with Crippen molar-refractivity contribution in [1.29, 1.82) is 0 Å². The first-order chi connectivity index (χ1) is 9.56. The molecule has 20 heavy (non-hydrogen) atoms. The van der Waals surface area contributed by atoms with Crippen LogP contribution in [0.1, 0.15) is 19.4 Å². The molecule has 0 unspecified atom stereocenters. The molecule has 0 saturated heterocycles. The number of hydrogen-bond donors (Lipinski definition) is 1. The number of aryl methyl sites for hydroxylation is 1. The van der Waals surface area contributed by atoms with Gasteiger partial charge in [0.2, 0.25) is 0 Å². The minimum Gasteiger partial charge on any atom is -0.312 e. The summed E-state index contributed by atoms with van der Waals surface area (Å²) in [6, 6.07) is 6.36. The van der Waals surface area contributed by atoms with Crippen LogP contribution in [-0.2, 0) is 13.6 Å². The van der Waals surface area contributed by atoms with Crippen LogP contribution in [0.4, 0.5) is 0 Å². The lowest BCUT2D eigenvalue weighted by atomic mass is 10.2. The standard InChI is InChI=1S/C14H19BrN4S/c1-10(2)7-16-8-11-4-5-12(15)6-13(11)20-14-18-17-9-19(14)3/h4-6,9-10,16H,7-8H2,1-3H3. The first kappa shape index (κ1) is 15.5. The van der Waals surface area contributed by atoms with E-state index >= 15 is 0 Å². The Hall–Kier alpha value is -0.850. The van der Waals surface area contributed by atoms with E-state index in [1.807, 2.05) is 11.6 Å². The number of aromatic nitrogens is 3. The molecule has 0 spiro atoms. The summed E-state index contributed by atoms with van der Waals surface area (Å²) in [5.74, 6) is 0.653. The number of hydrogen-bond acceptors (Lipinski definition) is 4. The van der Waals surface area contributed by atoms with Gasteiger partial charge < -0.3 is 9.88 Å². The fourth-order valence-corrected chi connectivity index (χ4v) is 3.17. The first-order valence-electron chi connectivity index (χ1n) is 6.57. The van der Waals surface area contributed by atoms with E-state index in [-0.39, 0.29) is 0 Å². The van der Waals surface area contributed by atoms with E-state index in [0.29, 0.717) is 5.92 Å². The topological polar surface area (TPSA) is 42.7 Å². The van der Waals surface area contributed by atoms with Crippen molar-refractivity contribution in [2.75, 3.05) is 6.54 Å². The highest BCUT2D eigenvalue weighted by Gasteiger charge is 2.09. The van der Waals surface area contributed by atoms with Gasteiger partial charge in [0.15, 0.2) is 5.16 Å². The first-order valence-corrected chi connectivity index (χ1v) is 8.18. The Bertz CT molecular complexity index is 568. The van der Waals surface area contributed by atoms with Gasteiger partial charge in [-0.15, -0.1) is 10.2 Å². The highest BCUT2D eigenvalue weighted by atomic mass is 79.9. The van der Waals surface area contributed by atoms with Crippen LogP contribution in [-0.4, -0.2) is 21.3 Å². The summed E-state index contributed by atoms with van der Waals surface area (Å²) in [4.78, 5) is 1.20. The molecule has 6 heteroatoms. The Kier molecular flexibility index (Phi) is 5.63. The smallest absolute Gasteiger partial charge is 0.195 e. The van der Waals surface area contributed by atoms with Crippen LogP contribution in [0.3, 0.4) is 0 Å². The zero-order chi connectivity index (χ0) is 14.5. The molecule has 0 aliphatic carbocycles. The van der Waals surface area contributed by atoms with E-state index < -0.39 is 0 Å². The minimum absolute atomic E-state index is 0.653. The monoisotopic (exact) mass is 354 g/mol. The van der Waals surface area contributed by atoms with E-state index in [9.17, 15) is 0 Å². The zero-order valence-electron chi connectivity index (χ0n) is 11.9. The third-order valence-corrected chi connectivity index (χ3v) is 4.41. The van der Waals surface area contributed by atoms with Gasteiger partial charge in [0, 0.05) is 23.0 Å². The van der Waals surface area contributed by atoms with Gasteiger partial charge in [0.25, 0.3) is 0 Å². The van der Waals surface area contributed by atoms with Crippen LogP contribution in [0.15, 0.2) is 39.1 Å². The molecule has 1 N–H and O–H groups in total. The van der Waals surface area contributed by atoms with Crippen molar-refractivity contribution in [3.05, 3.63) is 34.6 Å². The molecule has 1 aromatic heterocycles. The summed E-state index contributed by atoms with van der Waals surface area (Å²) in [5, 5.41) is 12.4. The molecule has 0 atom stereocenters. The Morgan fingerprint density at radius 2 is 2.20 bits per heavy atom. The van der Waals surface area contributed by atoms with Crippen molar-refractivity contribution in [2.45, 2.75) is 30.4 Å². The van der Waals surface area contributed by atoms with Crippen molar-refractivity contribution in [3.63, 3.8) is 0 Å². The quantitative estimate of drug-likeness (QED) is 0.862. The van der Waals surface area contributed by atoms with Gasteiger partial charge in [-0.05, 0) is 41.9 Å². The number of halogens is 1. The van der Waals surface area contributed by atoms with Gasteiger partial charge >= 0.3 is 0 Å². The lowest BCUT2D eigenvalue weighted by Gasteiger charge is -2.12. The van der Waals surface area contributed by atoms with Crippen LogP contribution >= 0.6 is 27.7 Å². The van der Waals surface area contributed by atoms with E-state index in [0.717, 1.165) is 22.7 Å². The Balaban J connectivity index is 2.13. The summed E-state index contributed by atoms with van der Waals surface area (Å²) >= 11 is 5.17.